The molecule has 0 bridgehead atoms. The van der Waals surface area contributed by atoms with Gasteiger partial charge in [0.15, 0.2) is 0 Å². The summed E-state index contributed by atoms with van der Waals surface area (Å²) in [6.45, 7) is 11.0. The third-order valence-corrected chi connectivity index (χ3v) is 5.22. The number of carbonyl (C=O) groups is 1. The van der Waals surface area contributed by atoms with Crippen molar-refractivity contribution >= 4 is 16.7 Å². The Kier molecular flexibility index (Phi) is 5.64. The summed E-state index contributed by atoms with van der Waals surface area (Å²) in [4.78, 5) is 15.0. The third kappa shape index (κ3) is 4.43. The molecule has 0 aliphatic carbocycles. The summed E-state index contributed by atoms with van der Waals surface area (Å²) in [6, 6.07) is 14.4. The second kappa shape index (κ2) is 7.77. The second-order valence-corrected chi connectivity index (χ2v) is 8.07. The molecule has 1 fully saturated rings. The van der Waals surface area contributed by atoms with Crippen LogP contribution < -0.4 is 5.32 Å². The lowest BCUT2D eigenvalue weighted by atomic mass is 9.99. The molecule has 2 aromatic rings. The molecule has 1 aliphatic heterocycles. The summed E-state index contributed by atoms with van der Waals surface area (Å²) in [5, 5.41) is 5.47. The SMILES string of the molecule is CC1CN(C(C)(C)CNC(=O)Cc2cccc3ccccc23)CC(C)O1. The number of nitrogens with zero attached hydrogens (tertiary/aromatic N) is 1. The lowest BCUT2D eigenvalue weighted by Crippen LogP contribution is -2.58. The van der Waals surface area contributed by atoms with Gasteiger partial charge in [-0.3, -0.25) is 9.69 Å². The summed E-state index contributed by atoms with van der Waals surface area (Å²) >= 11 is 0. The highest BCUT2D eigenvalue weighted by Gasteiger charge is 2.33. The molecule has 1 heterocycles. The van der Waals surface area contributed by atoms with E-state index in [1.54, 1.807) is 0 Å². The monoisotopic (exact) mass is 354 g/mol. The van der Waals surface area contributed by atoms with Crippen molar-refractivity contribution in [3.63, 3.8) is 0 Å². The zero-order valence-electron chi connectivity index (χ0n) is 16.3. The number of hydrogen-bond acceptors (Lipinski definition) is 3. The predicted octanol–water partition coefficient (Wildman–Crippen LogP) is 3.39. The van der Waals surface area contributed by atoms with Crippen LogP contribution in [0.2, 0.25) is 0 Å². The molecule has 1 aliphatic rings. The molecule has 2 aromatic carbocycles. The van der Waals surface area contributed by atoms with E-state index >= 15 is 0 Å². The van der Waals surface area contributed by atoms with Crippen LogP contribution in [0.25, 0.3) is 10.8 Å². The molecule has 4 heteroatoms. The minimum absolute atomic E-state index is 0.0729. The summed E-state index contributed by atoms with van der Waals surface area (Å²) < 4.78 is 5.83. The van der Waals surface area contributed by atoms with Gasteiger partial charge in [0.1, 0.15) is 0 Å². The first-order valence-corrected chi connectivity index (χ1v) is 9.49. The fourth-order valence-electron chi connectivity index (χ4n) is 3.78. The molecule has 2 unspecified atom stereocenters. The summed E-state index contributed by atoms with van der Waals surface area (Å²) in [5.74, 6) is 0.0729. The van der Waals surface area contributed by atoms with E-state index in [4.69, 9.17) is 4.74 Å². The fraction of sp³-hybridized carbons (Fsp3) is 0.500. The van der Waals surface area contributed by atoms with Gasteiger partial charge in [-0.1, -0.05) is 42.5 Å². The maximum Gasteiger partial charge on any atom is 0.224 e. The van der Waals surface area contributed by atoms with E-state index in [2.05, 4.69) is 56.1 Å². The van der Waals surface area contributed by atoms with Crippen LogP contribution in [0.4, 0.5) is 0 Å². The van der Waals surface area contributed by atoms with Crippen LogP contribution in [-0.4, -0.2) is 48.2 Å². The highest BCUT2D eigenvalue weighted by Crippen LogP contribution is 2.21. The zero-order valence-corrected chi connectivity index (χ0v) is 16.3. The average molecular weight is 354 g/mol. The van der Waals surface area contributed by atoms with Crippen LogP contribution in [0.15, 0.2) is 42.5 Å². The smallest absolute Gasteiger partial charge is 0.224 e. The summed E-state index contributed by atoms with van der Waals surface area (Å²) in [7, 11) is 0. The molecule has 26 heavy (non-hydrogen) atoms. The van der Waals surface area contributed by atoms with Crippen molar-refractivity contribution in [2.24, 2.45) is 0 Å². The Hall–Kier alpha value is -1.91. The van der Waals surface area contributed by atoms with Crippen LogP contribution in [-0.2, 0) is 16.0 Å². The van der Waals surface area contributed by atoms with Gasteiger partial charge < -0.3 is 10.1 Å². The van der Waals surface area contributed by atoms with Crippen molar-refractivity contribution in [1.82, 2.24) is 10.2 Å². The lowest BCUT2D eigenvalue weighted by Gasteiger charge is -2.45. The largest absolute Gasteiger partial charge is 0.373 e. The molecule has 0 saturated carbocycles. The van der Waals surface area contributed by atoms with Gasteiger partial charge in [-0.15, -0.1) is 0 Å². The van der Waals surface area contributed by atoms with Crippen molar-refractivity contribution in [3.05, 3.63) is 48.0 Å². The van der Waals surface area contributed by atoms with Crippen molar-refractivity contribution < 1.29 is 9.53 Å². The molecule has 0 spiro atoms. The number of amides is 1. The first-order valence-electron chi connectivity index (χ1n) is 9.49. The highest BCUT2D eigenvalue weighted by molar-refractivity contribution is 5.90. The Morgan fingerprint density at radius 3 is 2.50 bits per heavy atom. The summed E-state index contributed by atoms with van der Waals surface area (Å²) in [6.07, 6.45) is 0.863. The zero-order chi connectivity index (χ0) is 18.7. The minimum Gasteiger partial charge on any atom is -0.373 e. The van der Waals surface area contributed by atoms with E-state index in [1.165, 1.54) is 5.39 Å². The Balaban J connectivity index is 1.61. The van der Waals surface area contributed by atoms with E-state index in [0.717, 1.165) is 24.0 Å². The van der Waals surface area contributed by atoms with Crippen LogP contribution in [0.5, 0.6) is 0 Å². The summed E-state index contributed by atoms with van der Waals surface area (Å²) in [5.41, 5.74) is 0.979. The molecule has 0 radical (unpaired) electrons. The van der Waals surface area contributed by atoms with E-state index < -0.39 is 0 Å². The van der Waals surface area contributed by atoms with Gasteiger partial charge >= 0.3 is 0 Å². The van der Waals surface area contributed by atoms with Crippen molar-refractivity contribution in [2.75, 3.05) is 19.6 Å². The standard InChI is InChI=1S/C22H30N2O2/c1-16-13-24(14-17(2)26-16)22(3,4)15-23-21(25)12-19-10-7-9-18-8-5-6-11-20(18)19/h5-11,16-17H,12-15H2,1-4H3,(H,23,25). The van der Waals surface area contributed by atoms with Crippen molar-refractivity contribution in [1.29, 1.82) is 0 Å². The Bertz CT molecular complexity index is 756. The molecular weight excluding hydrogens is 324 g/mol. The van der Waals surface area contributed by atoms with Crippen LogP contribution in [0, 0.1) is 0 Å². The number of nitrogens with one attached hydrogen (secondary N) is 1. The number of fused-ring (bicyclic) bond motifs is 1. The van der Waals surface area contributed by atoms with Crippen LogP contribution in [0.1, 0.15) is 33.3 Å². The van der Waals surface area contributed by atoms with E-state index in [-0.39, 0.29) is 23.7 Å². The van der Waals surface area contributed by atoms with Gasteiger partial charge in [0.25, 0.3) is 0 Å². The Morgan fingerprint density at radius 1 is 1.12 bits per heavy atom. The van der Waals surface area contributed by atoms with Crippen LogP contribution in [0.3, 0.4) is 0 Å². The topological polar surface area (TPSA) is 41.6 Å². The number of benzene rings is 2. The second-order valence-electron chi connectivity index (χ2n) is 8.07. The van der Waals surface area contributed by atoms with Gasteiger partial charge in [0, 0.05) is 25.2 Å². The van der Waals surface area contributed by atoms with Gasteiger partial charge in [0.2, 0.25) is 5.91 Å². The molecule has 1 amide bonds. The molecule has 1 N–H and O–H groups in total. The van der Waals surface area contributed by atoms with E-state index in [1.807, 2.05) is 24.3 Å². The van der Waals surface area contributed by atoms with Crippen LogP contribution >= 0.6 is 0 Å². The highest BCUT2D eigenvalue weighted by atomic mass is 16.5. The van der Waals surface area contributed by atoms with Crippen molar-refractivity contribution in [2.45, 2.75) is 51.9 Å². The quantitative estimate of drug-likeness (QED) is 0.895. The number of ether oxygens (including phenoxy) is 1. The number of rotatable bonds is 5. The normalized spacial score (nSPS) is 21.7. The lowest BCUT2D eigenvalue weighted by molar-refractivity contribution is -0.122. The fourth-order valence-corrected chi connectivity index (χ4v) is 3.78. The molecule has 0 aromatic heterocycles. The molecule has 140 valence electrons. The molecule has 4 nitrogen and oxygen atoms in total. The maximum absolute atomic E-state index is 12.6. The molecule has 3 rings (SSSR count). The van der Waals surface area contributed by atoms with Gasteiger partial charge in [-0.25, -0.2) is 0 Å². The average Bonchev–Trinajstić information content (AvgIpc) is 2.60. The molecule has 2 atom stereocenters. The Labute approximate surface area is 156 Å². The van der Waals surface area contributed by atoms with Crippen molar-refractivity contribution in [3.8, 4) is 0 Å². The third-order valence-electron chi connectivity index (χ3n) is 5.22. The van der Waals surface area contributed by atoms with E-state index in [0.29, 0.717) is 13.0 Å². The minimum atomic E-state index is -0.0965. The molecular formula is C22H30N2O2. The number of carbonyl (C=O) groups excluding carboxylic acids is 1. The maximum atomic E-state index is 12.6. The number of morpholine rings is 1. The van der Waals surface area contributed by atoms with Gasteiger partial charge in [0.05, 0.1) is 18.6 Å². The van der Waals surface area contributed by atoms with Gasteiger partial charge in [-0.2, -0.15) is 0 Å². The first-order chi connectivity index (χ1) is 12.3. The number of hydrogen-bond donors (Lipinski definition) is 1. The van der Waals surface area contributed by atoms with Gasteiger partial charge in [-0.05, 0) is 44.0 Å². The first kappa shape index (κ1) is 18.9. The molecule has 1 saturated heterocycles. The van der Waals surface area contributed by atoms with E-state index in [9.17, 15) is 4.79 Å². The predicted molar refractivity (Wildman–Crippen MR) is 106 cm³/mol. The Morgan fingerprint density at radius 2 is 1.77 bits per heavy atom.